The number of amides is 5. The molecule has 2 saturated heterocycles. The Kier molecular flexibility index (Phi) is 25.1. The first-order valence-electron chi connectivity index (χ1n) is 26.9. The number of fused-ring (bicyclic) bond motifs is 1. The Bertz CT molecular complexity index is 2530. The minimum absolute atomic E-state index is 0.132. The maximum atomic E-state index is 13.9. The number of rotatable bonds is 27. The van der Waals surface area contributed by atoms with Gasteiger partial charge in [-0.3, -0.25) is 62.9 Å². The van der Waals surface area contributed by atoms with Crippen LogP contribution in [0.4, 0.5) is 0 Å². The molecule has 0 saturated carbocycles. The van der Waals surface area contributed by atoms with Crippen molar-refractivity contribution in [3.8, 4) is 11.8 Å². The fourth-order valence-corrected chi connectivity index (χ4v) is 9.46. The lowest BCUT2D eigenvalue weighted by atomic mass is 9.96. The summed E-state index contributed by atoms with van der Waals surface area (Å²) < 4.78 is 6.02. The highest BCUT2D eigenvalue weighted by Gasteiger charge is 2.29. The number of benzene rings is 2. The van der Waals surface area contributed by atoms with Gasteiger partial charge in [0.05, 0.1) is 62.4 Å². The van der Waals surface area contributed by atoms with Crippen LogP contribution in [-0.2, 0) is 40.0 Å². The summed E-state index contributed by atoms with van der Waals surface area (Å²) in [6, 6.07) is 15.3. The van der Waals surface area contributed by atoms with Gasteiger partial charge >= 0.3 is 17.9 Å². The van der Waals surface area contributed by atoms with E-state index in [9.17, 15) is 58.9 Å². The van der Waals surface area contributed by atoms with Gasteiger partial charge in [0.25, 0.3) is 5.91 Å². The molecule has 2 aliphatic heterocycles. The molecule has 78 heavy (non-hydrogen) atoms. The Morgan fingerprint density at radius 2 is 1.28 bits per heavy atom. The molecule has 0 radical (unpaired) electrons. The Morgan fingerprint density at radius 1 is 0.705 bits per heavy atom. The van der Waals surface area contributed by atoms with Crippen LogP contribution in [0.1, 0.15) is 86.7 Å². The number of unbranched alkanes of at least 4 members (excludes halogenated alkanes) is 1. The number of hydrogen-bond donors (Lipinski definition) is 7. The lowest BCUT2D eigenvalue weighted by Gasteiger charge is -2.33. The topological polar surface area (TPSA) is 307 Å². The van der Waals surface area contributed by atoms with Gasteiger partial charge in [0.1, 0.15) is 17.8 Å². The molecule has 23 heteroatoms. The second-order valence-electron chi connectivity index (χ2n) is 20.3. The second-order valence-corrected chi connectivity index (χ2v) is 20.3. The van der Waals surface area contributed by atoms with Crippen LogP contribution < -0.4 is 26.0 Å². The number of nitrogens with zero attached hydrogens (tertiary/aromatic N) is 7. The molecular formula is C55H77N11O12. The molecule has 424 valence electrons. The van der Waals surface area contributed by atoms with E-state index in [0.29, 0.717) is 61.3 Å². The average Bonchev–Trinajstić information content (AvgIpc) is 3.90. The van der Waals surface area contributed by atoms with Gasteiger partial charge in [0.2, 0.25) is 23.6 Å². The predicted octanol–water partition coefficient (Wildman–Crippen LogP) is 1.61. The molecule has 2 fully saturated rings. The number of pyridine rings is 1. The Labute approximate surface area is 455 Å². The van der Waals surface area contributed by atoms with Crippen LogP contribution in [0.25, 0.3) is 10.9 Å². The summed E-state index contributed by atoms with van der Waals surface area (Å²) in [5.41, 5.74) is 2.92. The van der Waals surface area contributed by atoms with Gasteiger partial charge in [-0.25, -0.2) is 0 Å². The fourth-order valence-electron chi connectivity index (χ4n) is 9.46. The quantitative estimate of drug-likeness (QED) is 0.0534. The third-order valence-electron chi connectivity index (χ3n) is 13.7. The summed E-state index contributed by atoms with van der Waals surface area (Å²) in [5.74, 6) is -4.54. The number of aromatic nitrogens is 1. The lowest BCUT2D eigenvalue weighted by molar-refractivity contribution is -0.140. The molecule has 23 nitrogen and oxygen atoms in total. The summed E-state index contributed by atoms with van der Waals surface area (Å²) >= 11 is 0. The summed E-state index contributed by atoms with van der Waals surface area (Å²) in [6.07, 6.45) is 5.33. The van der Waals surface area contributed by atoms with Crippen LogP contribution in [-0.4, -0.2) is 216 Å². The number of carbonyl (C=O) groups is 8. The molecule has 3 atom stereocenters. The van der Waals surface area contributed by atoms with Gasteiger partial charge < -0.3 is 46.2 Å². The van der Waals surface area contributed by atoms with E-state index in [1.165, 1.54) is 16.7 Å². The average molecular weight is 1080 g/mol. The number of carboxylic acids is 3. The van der Waals surface area contributed by atoms with E-state index >= 15 is 0 Å². The summed E-state index contributed by atoms with van der Waals surface area (Å²) in [6.45, 7) is 7.61. The largest absolute Gasteiger partial charge is 0.494 e. The van der Waals surface area contributed by atoms with E-state index in [1.54, 1.807) is 43.9 Å². The number of hydrogen-bond acceptors (Lipinski definition) is 15. The van der Waals surface area contributed by atoms with Gasteiger partial charge in [-0.2, -0.15) is 5.26 Å². The monoisotopic (exact) mass is 1080 g/mol. The molecule has 1 aromatic heterocycles. The van der Waals surface area contributed by atoms with E-state index in [2.05, 4.69) is 46.2 Å². The van der Waals surface area contributed by atoms with Gasteiger partial charge in [-0.05, 0) is 93.2 Å². The molecule has 0 spiro atoms. The van der Waals surface area contributed by atoms with Crippen LogP contribution in [0.5, 0.6) is 5.75 Å². The minimum atomic E-state index is -1.08. The third kappa shape index (κ3) is 20.9. The molecule has 0 unspecified atom stereocenters. The van der Waals surface area contributed by atoms with Crippen LogP contribution >= 0.6 is 0 Å². The fraction of sp³-hybridized carbons (Fsp3) is 0.564. The van der Waals surface area contributed by atoms with Gasteiger partial charge in [0, 0.05) is 83.6 Å². The zero-order valence-corrected chi connectivity index (χ0v) is 45.1. The highest BCUT2D eigenvalue weighted by molar-refractivity contribution is 6.07. The van der Waals surface area contributed by atoms with Crippen LogP contribution in [0.2, 0.25) is 0 Å². The number of aliphatic carboxylic acids is 3. The number of likely N-dealkylation sites (tertiary alicyclic amines) is 1. The maximum absolute atomic E-state index is 13.9. The zero-order chi connectivity index (χ0) is 56.6. The summed E-state index contributed by atoms with van der Waals surface area (Å²) in [5, 5.41) is 50.1. The Balaban J connectivity index is 1.20. The van der Waals surface area contributed by atoms with E-state index < -0.39 is 47.7 Å². The standard InChI is InChI=1S/C55H77N11O12/c1-38(2)30-40-10-12-41(13-11-40)39(3)53(75)58-17-5-4-9-47(61-48(67)34-62-21-23-63(35-50(69)70)25-27-65(37-52(73)74)28-26-64(24-22-62)36-51(71)72)55(77)59-18-7-29-78-43-14-15-46-45(31-43)44(16-19-57-46)54(76)60-33-49(68)66-20-6-8-42(66)32-56/h10-16,19,31,38-39,42,47H,4-9,17-18,20-30,33-37H2,1-3H3,(H,58,75)(H,59,77)(H,60,76)(H,61,67)(H,69,70)(H,71,72)(H,73,74)/t39-,42-,47-/m0/s1. The van der Waals surface area contributed by atoms with Crippen molar-refractivity contribution in [3.63, 3.8) is 0 Å². The van der Waals surface area contributed by atoms with Crippen molar-refractivity contribution in [1.29, 1.82) is 5.26 Å². The van der Waals surface area contributed by atoms with Crippen LogP contribution in [0, 0.1) is 17.2 Å². The molecule has 2 aliphatic rings. The van der Waals surface area contributed by atoms with Crippen molar-refractivity contribution in [1.82, 2.24) is 50.8 Å². The number of nitriles is 1. The molecule has 3 aromatic rings. The number of nitrogens with one attached hydrogen (secondary N) is 4. The summed E-state index contributed by atoms with van der Waals surface area (Å²) in [7, 11) is 0. The SMILES string of the molecule is CC(C)Cc1ccc([C@H](C)C(=O)NCCCC[C@H](NC(=O)CN2CCN(CC(=O)O)CCN(CC(=O)O)CCN(CC(=O)O)CC2)C(=O)NCCCOc2ccc3nccc(C(=O)NCC(=O)N4CCC[C@H]4C#N)c3c2)cc1. The lowest BCUT2D eigenvalue weighted by Crippen LogP contribution is -2.52. The van der Waals surface area contributed by atoms with E-state index in [1.807, 2.05) is 31.2 Å². The highest BCUT2D eigenvalue weighted by Crippen LogP contribution is 2.24. The molecule has 5 amide bonds. The summed E-state index contributed by atoms with van der Waals surface area (Å²) in [4.78, 5) is 115. The van der Waals surface area contributed by atoms with Crippen LogP contribution in [0.15, 0.2) is 54.7 Å². The van der Waals surface area contributed by atoms with Gasteiger partial charge in [0.15, 0.2) is 0 Å². The number of carbonyl (C=O) groups excluding carboxylic acids is 5. The molecule has 7 N–H and O–H groups in total. The zero-order valence-electron chi connectivity index (χ0n) is 45.1. The third-order valence-corrected chi connectivity index (χ3v) is 13.7. The van der Waals surface area contributed by atoms with Gasteiger partial charge in [-0.1, -0.05) is 38.1 Å². The predicted molar refractivity (Wildman–Crippen MR) is 288 cm³/mol. The Hall–Kier alpha value is -7.26. The smallest absolute Gasteiger partial charge is 0.317 e. The van der Waals surface area contributed by atoms with Crippen molar-refractivity contribution in [2.24, 2.45) is 5.92 Å². The van der Waals surface area contributed by atoms with Crippen molar-refractivity contribution in [2.45, 2.75) is 83.7 Å². The number of carboxylic acid groups (broad SMARTS) is 3. The Morgan fingerprint density at radius 3 is 1.86 bits per heavy atom. The highest BCUT2D eigenvalue weighted by atomic mass is 16.5. The van der Waals surface area contributed by atoms with E-state index in [0.717, 1.165) is 18.4 Å². The molecule has 2 aromatic carbocycles. The van der Waals surface area contributed by atoms with E-state index in [4.69, 9.17) is 4.74 Å². The second kappa shape index (κ2) is 31.8. The first-order chi connectivity index (χ1) is 37.4. The van der Waals surface area contributed by atoms with Crippen molar-refractivity contribution in [3.05, 3.63) is 71.4 Å². The van der Waals surface area contributed by atoms with Crippen molar-refractivity contribution >= 4 is 58.3 Å². The maximum Gasteiger partial charge on any atom is 0.317 e. The minimum Gasteiger partial charge on any atom is -0.494 e. The first-order valence-corrected chi connectivity index (χ1v) is 26.9. The van der Waals surface area contributed by atoms with Crippen molar-refractivity contribution < 1.29 is 58.4 Å². The molecule has 0 bridgehead atoms. The first kappa shape index (κ1) is 61.6. The van der Waals surface area contributed by atoms with E-state index in [-0.39, 0.29) is 128 Å². The molecule has 3 heterocycles. The van der Waals surface area contributed by atoms with Crippen LogP contribution in [0.3, 0.4) is 0 Å². The normalized spacial score (nSPS) is 17.0. The van der Waals surface area contributed by atoms with Gasteiger partial charge in [-0.15, -0.1) is 0 Å². The number of ether oxygens (including phenoxy) is 1. The van der Waals surface area contributed by atoms with Crippen molar-refractivity contribution in [2.75, 3.05) is 111 Å². The molecule has 5 rings (SSSR count). The molecule has 0 aliphatic carbocycles. The molecular weight excluding hydrogens is 1010 g/mol.